The van der Waals surface area contributed by atoms with Crippen LogP contribution < -0.4 is 5.73 Å². The smallest absolute Gasteiger partial charge is 0.273 e. The van der Waals surface area contributed by atoms with Crippen molar-refractivity contribution in [1.82, 2.24) is 14.7 Å². The first-order chi connectivity index (χ1) is 9.02. The number of nitrogens with zero attached hydrogens (tertiary/aromatic N) is 3. The summed E-state index contributed by atoms with van der Waals surface area (Å²) in [5, 5.41) is 4.27. The molecule has 0 aliphatic heterocycles. The molecule has 0 fully saturated rings. The average molecular weight is 323 g/mol. The van der Waals surface area contributed by atoms with Gasteiger partial charge in [0.15, 0.2) is 5.69 Å². The third-order valence-electron chi connectivity index (χ3n) is 2.74. The topological polar surface area (TPSA) is 64.2 Å². The van der Waals surface area contributed by atoms with Gasteiger partial charge >= 0.3 is 0 Å². The first-order valence-corrected chi connectivity index (χ1v) is 6.58. The highest BCUT2D eigenvalue weighted by molar-refractivity contribution is 9.10. The van der Waals surface area contributed by atoms with Crippen LogP contribution in [0, 0.1) is 0 Å². The van der Waals surface area contributed by atoms with E-state index in [9.17, 15) is 4.79 Å². The minimum absolute atomic E-state index is 0.114. The molecule has 19 heavy (non-hydrogen) atoms. The molecular weight excluding hydrogens is 308 g/mol. The van der Waals surface area contributed by atoms with Crippen LogP contribution >= 0.6 is 15.9 Å². The van der Waals surface area contributed by atoms with Gasteiger partial charge in [-0.2, -0.15) is 5.10 Å². The highest BCUT2D eigenvalue weighted by Crippen LogP contribution is 2.20. The molecular formula is C13H15BrN4O. The molecule has 0 unspecified atom stereocenters. The molecule has 2 aromatic rings. The lowest BCUT2D eigenvalue weighted by molar-refractivity contribution is 0.0821. The van der Waals surface area contributed by atoms with Gasteiger partial charge in [0.1, 0.15) is 0 Å². The highest BCUT2D eigenvalue weighted by Gasteiger charge is 2.12. The molecule has 2 N–H and O–H groups in total. The standard InChI is InChI=1S/C13H15BrN4O/c1-17(2)13(19)12-5-6-18(16-12)10-4-3-9(8-15)11(14)7-10/h3-7H,8,15H2,1-2H3. The summed E-state index contributed by atoms with van der Waals surface area (Å²) in [7, 11) is 3.40. The van der Waals surface area contributed by atoms with Crippen molar-refractivity contribution in [2.75, 3.05) is 14.1 Å². The second-order valence-corrected chi connectivity index (χ2v) is 5.18. The second kappa shape index (κ2) is 5.54. The molecule has 0 atom stereocenters. The molecule has 5 nitrogen and oxygen atoms in total. The monoisotopic (exact) mass is 322 g/mol. The van der Waals surface area contributed by atoms with E-state index >= 15 is 0 Å². The van der Waals surface area contributed by atoms with E-state index in [1.165, 1.54) is 4.90 Å². The van der Waals surface area contributed by atoms with E-state index in [2.05, 4.69) is 21.0 Å². The van der Waals surface area contributed by atoms with E-state index in [1.54, 1.807) is 31.0 Å². The van der Waals surface area contributed by atoms with Crippen molar-refractivity contribution >= 4 is 21.8 Å². The number of hydrogen-bond donors (Lipinski definition) is 1. The van der Waals surface area contributed by atoms with Crippen LogP contribution in [-0.4, -0.2) is 34.7 Å². The maximum Gasteiger partial charge on any atom is 0.273 e. The molecule has 1 aromatic heterocycles. The average Bonchev–Trinajstić information content (AvgIpc) is 2.87. The van der Waals surface area contributed by atoms with Crippen molar-refractivity contribution in [2.24, 2.45) is 5.73 Å². The predicted molar refractivity (Wildman–Crippen MR) is 77.2 cm³/mol. The van der Waals surface area contributed by atoms with Crippen LogP contribution in [0.1, 0.15) is 16.1 Å². The van der Waals surface area contributed by atoms with Gasteiger partial charge in [0.25, 0.3) is 5.91 Å². The Hall–Kier alpha value is -1.66. The van der Waals surface area contributed by atoms with Gasteiger partial charge < -0.3 is 10.6 Å². The second-order valence-electron chi connectivity index (χ2n) is 4.32. The van der Waals surface area contributed by atoms with Crippen molar-refractivity contribution in [3.05, 3.63) is 46.2 Å². The van der Waals surface area contributed by atoms with Crippen LogP contribution in [0.25, 0.3) is 5.69 Å². The lowest BCUT2D eigenvalue weighted by atomic mass is 10.2. The van der Waals surface area contributed by atoms with Crippen molar-refractivity contribution in [3.63, 3.8) is 0 Å². The normalized spacial score (nSPS) is 10.5. The van der Waals surface area contributed by atoms with E-state index in [-0.39, 0.29) is 5.91 Å². The summed E-state index contributed by atoms with van der Waals surface area (Å²) in [6.45, 7) is 0.477. The Morgan fingerprint density at radius 1 is 1.42 bits per heavy atom. The number of benzene rings is 1. The van der Waals surface area contributed by atoms with E-state index in [1.807, 2.05) is 18.2 Å². The third kappa shape index (κ3) is 2.85. The Kier molecular flexibility index (Phi) is 4.01. The number of aromatic nitrogens is 2. The molecule has 0 aliphatic carbocycles. The molecule has 0 saturated heterocycles. The first kappa shape index (κ1) is 13.8. The lowest BCUT2D eigenvalue weighted by Crippen LogP contribution is -2.22. The molecule has 0 radical (unpaired) electrons. The van der Waals surface area contributed by atoms with E-state index in [4.69, 9.17) is 5.73 Å². The van der Waals surface area contributed by atoms with Gasteiger partial charge in [-0.15, -0.1) is 0 Å². The summed E-state index contributed by atoms with van der Waals surface area (Å²) in [4.78, 5) is 13.3. The summed E-state index contributed by atoms with van der Waals surface area (Å²) in [5.74, 6) is -0.114. The Balaban J connectivity index is 2.33. The SMILES string of the molecule is CN(C)C(=O)c1ccn(-c2ccc(CN)c(Br)c2)n1. The summed E-state index contributed by atoms with van der Waals surface area (Å²) < 4.78 is 2.60. The van der Waals surface area contributed by atoms with Gasteiger partial charge in [0, 0.05) is 31.3 Å². The molecule has 1 heterocycles. The van der Waals surface area contributed by atoms with E-state index < -0.39 is 0 Å². The Morgan fingerprint density at radius 3 is 2.74 bits per heavy atom. The molecule has 6 heteroatoms. The molecule has 0 saturated carbocycles. The molecule has 0 spiro atoms. The number of hydrogen-bond acceptors (Lipinski definition) is 3. The van der Waals surface area contributed by atoms with Crippen LogP contribution in [0.15, 0.2) is 34.9 Å². The minimum atomic E-state index is -0.114. The number of amides is 1. The fourth-order valence-corrected chi connectivity index (χ4v) is 2.18. The highest BCUT2D eigenvalue weighted by atomic mass is 79.9. The molecule has 1 aromatic carbocycles. The molecule has 100 valence electrons. The van der Waals surface area contributed by atoms with Gasteiger partial charge in [-0.3, -0.25) is 4.79 Å². The van der Waals surface area contributed by atoms with Crippen molar-refractivity contribution in [1.29, 1.82) is 0 Å². The molecule has 0 aliphatic rings. The molecule has 2 rings (SSSR count). The number of carbonyl (C=O) groups is 1. The largest absolute Gasteiger partial charge is 0.343 e. The summed E-state index contributed by atoms with van der Waals surface area (Å²) in [5.41, 5.74) is 7.94. The maximum absolute atomic E-state index is 11.8. The Bertz CT molecular complexity index is 606. The summed E-state index contributed by atoms with van der Waals surface area (Å²) >= 11 is 3.47. The Morgan fingerprint density at radius 2 is 2.16 bits per heavy atom. The van der Waals surface area contributed by atoms with Crippen LogP contribution in [0.5, 0.6) is 0 Å². The minimum Gasteiger partial charge on any atom is -0.343 e. The van der Waals surface area contributed by atoms with Crippen LogP contribution in [0.3, 0.4) is 0 Å². The summed E-state index contributed by atoms with van der Waals surface area (Å²) in [6.07, 6.45) is 1.76. The number of carbonyl (C=O) groups excluding carboxylic acids is 1. The quantitative estimate of drug-likeness (QED) is 0.937. The summed E-state index contributed by atoms with van der Waals surface area (Å²) in [6, 6.07) is 7.49. The van der Waals surface area contributed by atoms with Gasteiger partial charge in [-0.1, -0.05) is 22.0 Å². The van der Waals surface area contributed by atoms with Gasteiger partial charge in [-0.25, -0.2) is 4.68 Å². The third-order valence-corrected chi connectivity index (χ3v) is 3.47. The van der Waals surface area contributed by atoms with Crippen LogP contribution in [-0.2, 0) is 6.54 Å². The Labute approximate surface area is 120 Å². The fraction of sp³-hybridized carbons (Fsp3) is 0.231. The first-order valence-electron chi connectivity index (χ1n) is 5.79. The predicted octanol–water partition coefficient (Wildman–Crippen LogP) is 1.80. The van der Waals surface area contributed by atoms with Crippen molar-refractivity contribution in [3.8, 4) is 5.69 Å². The van der Waals surface area contributed by atoms with E-state index in [0.29, 0.717) is 12.2 Å². The number of rotatable bonds is 3. The van der Waals surface area contributed by atoms with Crippen LogP contribution in [0.4, 0.5) is 0 Å². The molecule has 1 amide bonds. The van der Waals surface area contributed by atoms with Crippen molar-refractivity contribution in [2.45, 2.75) is 6.54 Å². The van der Waals surface area contributed by atoms with E-state index in [0.717, 1.165) is 15.7 Å². The molecule has 0 bridgehead atoms. The zero-order valence-corrected chi connectivity index (χ0v) is 12.4. The maximum atomic E-state index is 11.8. The van der Waals surface area contributed by atoms with Gasteiger partial charge in [0.2, 0.25) is 0 Å². The zero-order valence-electron chi connectivity index (χ0n) is 10.8. The van der Waals surface area contributed by atoms with Crippen LogP contribution in [0.2, 0.25) is 0 Å². The van der Waals surface area contributed by atoms with Crippen molar-refractivity contribution < 1.29 is 4.79 Å². The fourth-order valence-electron chi connectivity index (χ4n) is 1.66. The van der Waals surface area contributed by atoms with Gasteiger partial charge in [0.05, 0.1) is 5.69 Å². The number of nitrogens with two attached hydrogens (primary N) is 1. The van der Waals surface area contributed by atoms with Gasteiger partial charge in [-0.05, 0) is 23.8 Å². The zero-order chi connectivity index (χ0) is 14.0. The lowest BCUT2D eigenvalue weighted by Gasteiger charge is -2.08. The number of halogens is 1.